The monoisotopic (exact) mass is 300 g/mol. The van der Waals surface area contributed by atoms with Crippen LogP contribution in [0, 0.1) is 0 Å². The van der Waals surface area contributed by atoms with Gasteiger partial charge < -0.3 is 9.72 Å². The summed E-state index contributed by atoms with van der Waals surface area (Å²) < 4.78 is 5.27. The van der Waals surface area contributed by atoms with E-state index in [1.165, 1.54) is 5.56 Å². The molecule has 2 heterocycles. The van der Waals surface area contributed by atoms with Crippen molar-refractivity contribution in [3.8, 4) is 28.1 Å². The molecule has 0 aliphatic carbocycles. The van der Waals surface area contributed by atoms with Crippen molar-refractivity contribution in [2.75, 3.05) is 7.11 Å². The van der Waals surface area contributed by atoms with Crippen molar-refractivity contribution in [1.29, 1.82) is 0 Å². The lowest BCUT2D eigenvalue weighted by Crippen LogP contribution is -1.85. The van der Waals surface area contributed by atoms with E-state index < -0.39 is 0 Å². The van der Waals surface area contributed by atoms with Crippen LogP contribution in [0.25, 0.3) is 33.3 Å². The molecule has 23 heavy (non-hydrogen) atoms. The standard InChI is InChI=1S/C20H16N2O/c1-23-16-9-7-14(8-10-16)19-17-13-21-12-11-18(17)22-20(19)15-5-3-2-4-6-15/h2-13,22H,1H3. The first-order chi connectivity index (χ1) is 11.4. The van der Waals surface area contributed by atoms with Crippen molar-refractivity contribution >= 4 is 10.9 Å². The van der Waals surface area contributed by atoms with Crippen LogP contribution < -0.4 is 4.74 Å². The predicted octanol–water partition coefficient (Wildman–Crippen LogP) is 4.91. The molecule has 0 fully saturated rings. The number of hydrogen-bond acceptors (Lipinski definition) is 2. The second-order valence-electron chi connectivity index (χ2n) is 5.39. The minimum atomic E-state index is 0.855. The van der Waals surface area contributed by atoms with Gasteiger partial charge in [-0.05, 0) is 29.3 Å². The first-order valence-corrected chi connectivity index (χ1v) is 7.52. The van der Waals surface area contributed by atoms with Gasteiger partial charge in [0.2, 0.25) is 0 Å². The van der Waals surface area contributed by atoms with Crippen molar-refractivity contribution in [3.63, 3.8) is 0 Å². The molecular formula is C20H16N2O. The van der Waals surface area contributed by atoms with Crippen molar-refractivity contribution in [2.24, 2.45) is 0 Å². The molecule has 0 saturated heterocycles. The molecule has 4 aromatic rings. The molecule has 0 amide bonds. The number of pyridine rings is 1. The largest absolute Gasteiger partial charge is 0.497 e. The van der Waals surface area contributed by atoms with Gasteiger partial charge in [0.1, 0.15) is 5.75 Å². The first-order valence-electron chi connectivity index (χ1n) is 7.52. The van der Waals surface area contributed by atoms with Crippen molar-refractivity contribution in [3.05, 3.63) is 73.1 Å². The molecule has 1 N–H and O–H groups in total. The summed E-state index contributed by atoms with van der Waals surface area (Å²) in [5, 5.41) is 1.12. The third kappa shape index (κ3) is 2.36. The molecular weight excluding hydrogens is 284 g/mol. The lowest BCUT2D eigenvalue weighted by atomic mass is 9.99. The van der Waals surface area contributed by atoms with Crippen LogP contribution in [-0.4, -0.2) is 17.1 Å². The minimum Gasteiger partial charge on any atom is -0.497 e. The predicted molar refractivity (Wildman–Crippen MR) is 93.5 cm³/mol. The fourth-order valence-electron chi connectivity index (χ4n) is 2.91. The number of rotatable bonds is 3. The Hall–Kier alpha value is -3.07. The van der Waals surface area contributed by atoms with E-state index in [0.29, 0.717) is 0 Å². The van der Waals surface area contributed by atoms with Crippen LogP contribution >= 0.6 is 0 Å². The average Bonchev–Trinajstić information content (AvgIpc) is 3.02. The van der Waals surface area contributed by atoms with Crippen LogP contribution in [0.4, 0.5) is 0 Å². The van der Waals surface area contributed by atoms with Crippen LogP contribution in [0.15, 0.2) is 73.1 Å². The van der Waals surface area contributed by atoms with E-state index in [9.17, 15) is 0 Å². The van der Waals surface area contributed by atoms with Gasteiger partial charge in [0, 0.05) is 28.9 Å². The highest BCUT2D eigenvalue weighted by Gasteiger charge is 2.14. The zero-order chi connectivity index (χ0) is 15.6. The van der Waals surface area contributed by atoms with Crippen LogP contribution in [0.2, 0.25) is 0 Å². The van der Waals surface area contributed by atoms with E-state index in [-0.39, 0.29) is 0 Å². The van der Waals surface area contributed by atoms with Gasteiger partial charge in [0.25, 0.3) is 0 Å². The van der Waals surface area contributed by atoms with Gasteiger partial charge in [-0.3, -0.25) is 4.98 Å². The van der Waals surface area contributed by atoms with E-state index in [1.54, 1.807) is 7.11 Å². The summed E-state index contributed by atoms with van der Waals surface area (Å²) in [5.74, 6) is 0.855. The third-order valence-corrected chi connectivity index (χ3v) is 4.04. The smallest absolute Gasteiger partial charge is 0.118 e. The summed E-state index contributed by atoms with van der Waals surface area (Å²) >= 11 is 0. The normalized spacial score (nSPS) is 10.8. The number of aromatic amines is 1. The Morgan fingerprint density at radius 1 is 0.870 bits per heavy atom. The zero-order valence-electron chi connectivity index (χ0n) is 12.8. The molecule has 112 valence electrons. The highest BCUT2D eigenvalue weighted by atomic mass is 16.5. The first kappa shape index (κ1) is 13.6. The molecule has 3 nitrogen and oxygen atoms in total. The maximum Gasteiger partial charge on any atom is 0.118 e. The van der Waals surface area contributed by atoms with E-state index in [4.69, 9.17) is 4.74 Å². The summed E-state index contributed by atoms with van der Waals surface area (Å²) in [5.41, 5.74) is 5.67. The Morgan fingerprint density at radius 2 is 1.65 bits per heavy atom. The number of nitrogens with one attached hydrogen (secondary N) is 1. The summed E-state index contributed by atoms with van der Waals surface area (Å²) in [6.07, 6.45) is 3.73. The molecule has 2 aromatic carbocycles. The fourth-order valence-corrected chi connectivity index (χ4v) is 2.91. The SMILES string of the molecule is COc1ccc(-c2c(-c3ccccc3)[nH]c3ccncc23)cc1. The summed E-state index contributed by atoms with van der Waals surface area (Å²) in [4.78, 5) is 7.83. The molecule has 0 aliphatic rings. The number of methoxy groups -OCH3 is 1. The molecule has 0 radical (unpaired) electrons. The van der Waals surface area contributed by atoms with Gasteiger partial charge in [0.05, 0.1) is 12.8 Å². The Morgan fingerprint density at radius 3 is 2.39 bits per heavy atom. The lowest BCUT2D eigenvalue weighted by Gasteiger charge is -2.07. The van der Waals surface area contributed by atoms with E-state index in [2.05, 4.69) is 46.4 Å². The highest BCUT2D eigenvalue weighted by Crippen LogP contribution is 2.38. The zero-order valence-corrected chi connectivity index (χ0v) is 12.8. The summed E-state index contributed by atoms with van der Waals surface area (Å²) in [6, 6.07) is 20.5. The number of hydrogen-bond donors (Lipinski definition) is 1. The molecule has 0 bridgehead atoms. The molecule has 0 atom stereocenters. The molecule has 2 aromatic heterocycles. The van der Waals surface area contributed by atoms with Crippen LogP contribution in [-0.2, 0) is 0 Å². The van der Waals surface area contributed by atoms with Gasteiger partial charge in [-0.1, -0.05) is 42.5 Å². The number of aromatic nitrogens is 2. The molecule has 4 rings (SSSR count). The maximum absolute atomic E-state index is 5.27. The van der Waals surface area contributed by atoms with Gasteiger partial charge in [-0.25, -0.2) is 0 Å². The average molecular weight is 300 g/mol. The lowest BCUT2D eigenvalue weighted by molar-refractivity contribution is 0.415. The van der Waals surface area contributed by atoms with Crippen molar-refractivity contribution in [1.82, 2.24) is 9.97 Å². The Bertz CT molecular complexity index is 940. The summed E-state index contributed by atoms with van der Waals surface area (Å²) in [7, 11) is 1.68. The molecule has 0 aliphatic heterocycles. The Balaban J connectivity index is 1.99. The van der Waals surface area contributed by atoms with Gasteiger partial charge in [-0.2, -0.15) is 0 Å². The molecule has 0 unspecified atom stereocenters. The van der Waals surface area contributed by atoms with E-state index in [0.717, 1.165) is 33.5 Å². The maximum atomic E-state index is 5.27. The minimum absolute atomic E-state index is 0.855. The second-order valence-corrected chi connectivity index (χ2v) is 5.39. The molecule has 3 heteroatoms. The number of nitrogens with zero attached hydrogens (tertiary/aromatic N) is 1. The van der Waals surface area contributed by atoms with Gasteiger partial charge >= 0.3 is 0 Å². The topological polar surface area (TPSA) is 37.9 Å². The van der Waals surface area contributed by atoms with Gasteiger partial charge in [-0.15, -0.1) is 0 Å². The third-order valence-electron chi connectivity index (χ3n) is 4.04. The quantitative estimate of drug-likeness (QED) is 0.584. The van der Waals surface area contributed by atoms with Crippen LogP contribution in [0.1, 0.15) is 0 Å². The number of benzene rings is 2. The van der Waals surface area contributed by atoms with Gasteiger partial charge in [0.15, 0.2) is 0 Å². The Kier molecular flexibility index (Phi) is 3.31. The van der Waals surface area contributed by atoms with Crippen molar-refractivity contribution < 1.29 is 4.74 Å². The van der Waals surface area contributed by atoms with E-state index in [1.807, 2.05) is 36.7 Å². The van der Waals surface area contributed by atoms with Crippen LogP contribution in [0.5, 0.6) is 5.75 Å². The summed E-state index contributed by atoms with van der Waals surface area (Å²) in [6.45, 7) is 0. The molecule has 0 saturated carbocycles. The molecule has 0 spiro atoms. The number of fused-ring (bicyclic) bond motifs is 1. The van der Waals surface area contributed by atoms with Crippen molar-refractivity contribution in [2.45, 2.75) is 0 Å². The second kappa shape index (κ2) is 5.61. The van der Waals surface area contributed by atoms with E-state index >= 15 is 0 Å². The number of H-pyrrole nitrogens is 1. The Labute approximate surface area is 134 Å². The van der Waals surface area contributed by atoms with Crippen LogP contribution in [0.3, 0.4) is 0 Å². The highest BCUT2D eigenvalue weighted by molar-refractivity contribution is 6.03. The number of ether oxygens (including phenoxy) is 1. The fraction of sp³-hybridized carbons (Fsp3) is 0.0500.